The van der Waals surface area contributed by atoms with Crippen LogP contribution >= 0.6 is 0 Å². The summed E-state index contributed by atoms with van der Waals surface area (Å²) in [7, 11) is 0. The number of hydrogen-bond acceptors (Lipinski definition) is 2. The maximum Gasteiger partial charge on any atom is 0.127 e. The molecular formula is C17H20FNO. The van der Waals surface area contributed by atoms with Crippen molar-refractivity contribution < 1.29 is 9.50 Å². The van der Waals surface area contributed by atoms with E-state index >= 15 is 0 Å². The van der Waals surface area contributed by atoms with Gasteiger partial charge < -0.3 is 10.4 Å². The molecule has 0 aliphatic carbocycles. The molecule has 1 unspecified atom stereocenters. The molecule has 0 fully saturated rings. The van der Waals surface area contributed by atoms with Crippen LogP contribution in [0.5, 0.6) is 5.75 Å². The van der Waals surface area contributed by atoms with Crippen LogP contribution in [0.1, 0.15) is 36.6 Å². The van der Waals surface area contributed by atoms with Crippen LogP contribution in [0, 0.1) is 5.82 Å². The fraction of sp³-hybridized carbons (Fsp3) is 0.294. The molecule has 2 aromatic carbocycles. The van der Waals surface area contributed by atoms with Crippen molar-refractivity contribution in [2.75, 3.05) is 0 Å². The van der Waals surface area contributed by atoms with Crippen molar-refractivity contribution in [3.63, 3.8) is 0 Å². The highest BCUT2D eigenvalue weighted by atomic mass is 19.1. The Bertz CT molecular complexity index is 545. The van der Waals surface area contributed by atoms with E-state index in [-0.39, 0.29) is 11.8 Å². The second-order valence-corrected chi connectivity index (χ2v) is 5.02. The first-order valence-corrected chi connectivity index (χ1v) is 6.89. The van der Waals surface area contributed by atoms with E-state index in [1.54, 1.807) is 6.07 Å². The van der Waals surface area contributed by atoms with Gasteiger partial charge in [-0.2, -0.15) is 0 Å². The molecule has 2 nitrogen and oxygen atoms in total. The van der Waals surface area contributed by atoms with E-state index in [0.29, 0.717) is 6.54 Å². The molecule has 0 amide bonds. The first-order chi connectivity index (χ1) is 9.58. The van der Waals surface area contributed by atoms with Gasteiger partial charge in [0, 0.05) is 18.7 Å². The molecular weight excluding hydrogens is 253 g/mol. The van der Waals surface area contributed by atoms with E-state index in [1.165, 1.54) is 17.2 Å². The topological polar surface area (TPSA) is 32.3 Å². The zero-order valence-corrected chi connectivity index (χ0v) is 11.9. The lowest BCUT2D eigenvalue weighted by molar-refractivity contribution is 0.466. The highest BCUT2D eigenvalue weighted by Gasteiger charge is 2.06. The minimum absolute atomic E-state index is 0.0400. The number of phenols is 1. The minimum atomic E-state index is -0.415. The molecule has 0 heterocycles. The fourth-order valence-electron chi connectivity index (χ4n) is 2.17. The van der Waals surface area contributed by atoms with Crippen molar-refractivity contribution in [3.8, 4) is 5.75 Å². The highest BCUT2D eigenvalue weighted by molar-refractivity contribution is 5.29. The van der Waals surface area contributed by atoms with Crippen molar-refractivity contribution in [2.24, 2.45) is 0 Å². The van der Waals surface area contributed by atoms with Crippen molar-refractivity contribution >= 4 is 0 Å². The average Bonchev–Trinajstić information content (AvgIpc) is 2.44. The van der Waals surface area contributed by atoms with E-state index in [1.807, 2.05) is 0 Å². The molecule has 0 aromatic heterocycles. The van der Waals surface area contributed by atoms with Crippen LogP contribution in [0.25, 0.3) is 0 Å². The zero-order chi connectivity index (χ0) is 14.5. The summed E-state index contributed by atoms with van der Waals surface area (Å²) in [6, 6.07) is 12.8. The van der Waals surface area contributed by atoms with Gasteiger partial charge in [0.25, 0.3) is 0 Å². The largest absolute Gasteiger partial charge is 0.508 e. The number of benzene rings is 2. The van der Waals surface area contributed by atoms with Crippen LogP contribution < -0.4 is 5.32 Å². The molecule has 0 bridgehead atoms. The van der Waals surface area contributed by atoms with E-state index in [4.69, 9.17) is 0 Å². The Morgan fingerprint density at radius 3 is 2.40 bits per heavy atom. The van der Waals surface area contributed by atoms with Gasteiger partial charge in [-0.3, -0.25) is 0 Å². The van der Waals surface area contributed by atoms with Crippen LogP contribution in [0.15, 0.2) is 42.5 Å². The standard InChI is InChI=1S/C17H20FNO/c1-3-13-4-6-15(7-5-13)12(2)19-11-14-8-16(18)10-17(20)9-14/h4-10,12,19-20H,3,11H2,1-2H3. The van der Waals surface area contributed by atoms with E-state index < -0.39 is 5.82 Å². The summed E-state index contributed by atoms with van der Waals surface area (Å²) in [5.74, 6) is -0.455. The van der Waals surface area contributed by atoms with Gasteiger partial charge in [0.2, 0.25) is 0 Å². The number of halogens is 1. The maximum absolute atomic E-state index is 13.2. The Balaban J connectivity index is 1.98. The fourth-order valence-corrected chi connectivity index (χ4v) is 2.17. The lowest BCUT2D eigenvalue weighted by Gasteiger charge is -2.15. The maximum atomic E-state index is 13.2. The SMILES string of the molecule is CCc1ccc(C(C)NCc2cc(O)cc(F)c2)cc1. The normalized spacial score (nSPS) is 12.3. The lowest BCUT2D eigenvalue weighted by atomic mass is 10.0. The number of aromatic hydroxyl groups is 1. The van der Waals surface area contributed by atoms with Crippen LogP contribution in [0.3, 0.4) is 0 Å². The summed E-state index contributed by atoms with van der Waals surface area (Å²) in [5.41, 5.74) is 3.25. The number of nitrogens with one attached hydrogen (secondary N) is 1. The first kappa shape index (κ1) is 14.5. The third-order valence-corrected chi connectivity index (χ3v) is 3.44. The summed E-state index contributed by atoms with van der Waals surface area (Å²) < 4.78 is 13.2. The van der Waals surface area contributed by atoms with Gasteiger partial charge >= 0.3 is 0 Å². The molecule has 2 rings (SSSR count). The lowest BCUT2D eigenvalue weighted by Crippen LogP contribution is -2.18. The number of phenolic OH excluding ortho intramolecular Hbond substituents is 1. The molecule has 2 aromatic rings. The summed E-state index contributed by atoms with van der Waals surface area (Å²) in [6.07, 6.45) is 1.03. The molecule has 0 aliphatic rings. The van der Waals surface area contributed by atoms with Crippen LogP contribution in [0.4, 0.5) is 4.39 Å². The zero-order valence-electron chi connectivity index (χ0n) is 11.9. The number of rotatable bonds is 5. The molecule has 0 saturated carbocycles. The second-order valence-electron chi connectivity index (χ2n) is 5.02. The van der Waals surface area contributed by atoms with Gasteiger partial charge in [-0.25, -0.2) is 4.39 Å². The molecule has 0 aliphatic heterocycles. The van der Waals surface area contributed by atoms with Gasteiger partial charge in [0.15, 0.2) is 0 Å². The Labute approximate surface area is 119 Å². The molecule has 2 N–H and O–H groups in total. The van der Waals surface area contributed by atoms with Gasteiger partial charge in [0.05, 0.1) is 0 Å². The Kier molecular flexibility index (Phi) is 4.74. The summed E-state index contributed by atoms with van der Waals surface area (Å²) in [4.78, 5) is 0. The van der Waals surface area contributed by atoms with E-state index in [0.717, 1.165) is 18.1 Å². The average molecular weight is 273 g/mol. The van der Waals surface area contributed by atoms with Crippen LogP contribution in [0.2, 0.25) is 0 Å². The van der Waals surface area contributed by atoms with E-state index in [9.17, 15) is 9.50 Å². The first-order valence-electron chi connectivity index (χ1n) is 6.89. The van der Waals surface area contributed by atoms with Crippen molar-refractivity contribution in [1.82, 2.24) is 5.32 Å². The van der Waals surface area contributed by atoms with Gasteiger partial charge in [0.1, 0.15) is 11.6 Å². The third-order valence-electron chi connectivity index (χ3n) is 3.44. The second kappa shape index (κ2) is 6.53. The molecule has 1 atom stereocenters. The highest BCUT2D eigenvalue weighted by Crippen LogP contribution is 2.17. The van der Waals surface area contributed by atoms with E-state index in [2.05, 4.69) is 43.4 Å². The molecule has 0 saturated heterocycles. The van der Waals surface area contributed by atoms with Crippen LogP contribution in [-0.2, 0) is 13.0 Å². The third kappa shape index (κ3) is 3.81. The monoisotopic (exact) mass is 273 g/mol. The van der Waals surface area contributed by atoms with Crippen molar-refractivity contribution in [1.29, 1.82) is 0 Å². The number of hydrogen-bond donors (Lipinski definition) is 2. The molecule has 20 heavy (non-hydrogen) atoms. The Morgan fingerprint density at radius 2 is 1.80 bits per heavy atom. The van der Waals surface area contributed by atoms with Gasteiger partial charge in [-0.05, 0) is 42.2 Å². The van der Waals surface area contributed by atoms with Crippen LogP contribution in [-0.4, -0.2) is 5.11 Å². The quantitative estimate of drug-likeness (QED) is 0.864. The molecule has 0 radical (unpaired) electrons. The van der Waals surface area contributed by atoms with Gasteiger partial charge in [-0.1, -0.05) is 31.2 Å². The summed E-state index contributed by atoms with van der Waals surface area (Å²) >= 11 is 0. The van der Waals surface area contributed by atoms with Crippen molar-refractivity contribution in [3.05, 3.63) is 65.0 Å². The number of aryl methyl sites for hydroxylation is 1. The summed E-state index contributed by atoms with van der Waals surface area (Å²) in [5, 5.41) is 12.7. The minimum Gasteiger partial charge on any atom is -0.508 e. The smallest absolute Gasteiger partial charge is 0.127 e. The molecule has 106 valence electrons. The van der Waals surface area contributed by atoms with Crippen molar-refractivity contribution in [2.45, 2.75) is 32.9 Å². The Morgan fingerprint density at radius 1 is 1.10 bits per heavy atom. The molecule has 3 heteroatoms. The summed E-state index contributed by atoms with van der Waals surface area (Å²) in [6.45, 7) is 4.72. The van der Waals surface area contributed by atoms with Gasteiger partial charge in [-0.15, -0.1) is 0 Å². The Hall–Kier alpha value is -1.87. The molecule has 0 spiro atoms. The predicted octanol–water partition coefficient (Wildman–Crippen LogP) is 3.94. The predicted molar refractivity (Wildman–Crippen MR) is 79.1 cm³/mol.